The van der Waals surface area contributed by atoms with Crippen molar-refractivity contribution in [2.24, 2.45) is 0 Å². The van der Waals surface area contributed by atoms with E-state index in [0.717, 1.165) is 3.57 Å². The molecule has 0 saturated carbocycles. The Kier molecular flexibility index (Phi) is 4.31. The molecule has 1 N–H and O–H groups in total. The third-order valence-electron chi connectivity index (χ3n) is 3.36. The molecule has 0 unspecified atom stereocenters. The highest BCUT2D eigenvalue weighted by molar-refractivity contribution is 14.1. The van der Waals surface area contributed by atoms with Gasteiger partial charge in [-0.15, -0.1) is 0 Å². The van der Waals surface area contributed by atoms with Gasteiger partial charge >= 0.3 is 5.97 Å². The topological polar surface area (TPSA) is 59.5 Å². The van der Waals surface area contributed by atoms with Crippen LogP contribution < -0.4 is 0 Å². The first-order chi connectivity index (χ1) is 11.5. The smallest absolute Gasteiger partial charge is 0.356 e. The second-order valence-electron chi connectivity index (χ2n) is 4.89. The Labute approximate surface area is 150 Å². The summed E-state index contributed by atoms with van der Waals surface area (Å²) in [4.78, 5) is 14.3. The van der Waals surface area contributed by atoms with Crippen LogP contribution in [0.1, 0.15) is 10.5 Å². The van der Waals surface area contributed by atoms with Gasteiger partial charge in [-0.3, -0.25) is 0 Å². The van der Waals surface area contributed by atoms with Crippen LogP contribution in [0, 0.1) is 16.0 Å². The van der Waals surface area contributed by atoms with Crippen LogP contribution in [0.2, 0.25) is 0 Å². The van der Waals surface area contributed by atoms with Crippen molar-refractivity contribution in [2.75, 3.05) is 0 Å². The van der Waals surface area contributed by atoms with Gasteiger partial charge in [0.25, 0.3) is 0 Å². The lowest BCUT2D eigenvalue weighted by Gasteiger charge is -2.08. The van der Waals surface area contributed by atoms with Crippen molar-refractivity contribution in [2.45, 2.75) is 0 Å². The molecule has 24 heavy (non-hydrogen) atoms. The SMILES string of the molecule is [C-]#[N+]c1ccc(-c2cc(C(=O)O)nn2-c2ccc(I)cc2)cc1F. The van der Waals surface area contributed by atoms with Gasteiger partial charge in [0, 0.05) is 9.13 Å². The van der Waals surface area contributed by atoms with E-state index in [-0.39, 0.29) is 11.4 Å². The second kappa shape index (κ2) is 6.41. The number of carboxylic acid groups (broad SMARTS) is 1. The third-order valence-corrected chi connectivity index (χ3v) is 4.08. The molecule has 0 aliphatic carbocycles. The summed E-state index contributed by atoms with van der Waals surface area (Å²) in [6.07, 6.45) is 0. The molecule has 1 aromatic heterocycles. The molecule has 3 aromatic rings. The Morgan fingerprint density at radius 1 is 1.21 bits per heavy atom. The summed E-state index contributed by atoms with van der Waals surface area (Å²) in [5.74, 6) is -1.83. The van der Waals surface area contributed by atoms with E-state index in [0.29, 0.717) is 16.9 Å². The molecule has 0 atom stereocenters. The monoisotopic (exact) mass is 433 g/mol. The highest BCUT2D eigenvalue weighted by Gasteiger charge is 2.17. The Hall–Kier alpha value is -2.73. The molecular formula is C17H9FIN3O2. The summed E-state index contributed by atoms with van der Waals surface area (Å²) in [6.45, 7) is 6.91. The zero-order chi connectivity index (χ0) is 17.3. The second-order valence-corrected chi connectivity index (χ2v) is 6.13. The minimum absolute atomic E-state index is 0.0856. The van der Waals surface area contributed by atoms with Crippen molar-refractivity contribution in [3.8, 4) is 16.9 Å². The minimum Gasteiger partial charge on any atom is -0.476 e. The molecule has 1 heterocycles. The molecule has 0 aliphatic rings. The first kappa shape index (κ1) is 16.1. The molecule has 0 amide bonds. The number of benzene rings is 2. The van der Waals surface area contributed by atoms with Gasteiger partial charge in [0.15, 0.2) is 5.69 Å². The maximum Gasteiger partial charge on any atom is 0.356 e. The van der Waals surface area contributed by atoms with E-state index in [1.807, 2.05) is 12.1 Å². The fraction of sp³-hybridized carbons (Fsp3) is 0. The van der Waals surface area contributed by atoms with Crippen molar-refractivity contribution in [3.63, 3.8) is 0 Å². The largest absolute Gasteiger partial charge is 0.476 e. The number of aromatic carboxylic acids is 1. The van der Waals surface area contributed by atoms with Crippen molar-refractivity contribution in [1.82, 2.24) is 9.78 Å². The molecular weight excluding hydrogens is 424 g/mol. The Bertz CT molecular complexity index is 974. The van der Waals surface area contributed by atoms with Crippen LogP contribution in [0.3, 0.4) is 0 Å². The highest BCUT2D eigenvalue weighted by atomic mass is 127. The van der Waals surface area contributed by atoms with Gasteiger partial charge in [-0.2, -0.15) is 5.10 Å². The number of hydrogen-bond donors (Lipinski definition) is 1. The molecule has 0 bridgehead atoms. The van der Waals surface area contributed by atoms with Crippen LogP contribution in [0.4, 0.5) is 10.1 Å². The van der Waals surface area contributed by atoms with Crippen molar-refractivity contribution >= 4 is 34.2 Å². The molecule has 3 rings (SSSR count). The summed E-state index contributed by atoms with van der Waals surface area (Å²) in [6, 6.07) is 12.9. The van der Waals surface area contributed by atoms with Crippen LogP contribution in [0.5, 0.6) is 0 Å². The van der Waals surface area contributed by atoms with Crippen LogP contribution >= 0.6 is 22.6 Å². The van der Waals surface area contributed by atoms with E-state index in [9.17, 15) is 14.3 Å². The minimum atomic E-state index is -1.17. The summed E-state index contributed by atoms with van der Waals surface area (Å²) in [5.41, 5.74) is 1.31. The Balaban J connectivity index is 2.19. The van der Waals surface area contributed by atoms with Crippen LogP contribution in [0.15, 0.2) is 48.5 Å². The molecule has 5 nitrogen and oxygen atoms in total. The zero-order valence-corrected chi connectivity index (χ0v) is 14.2. The highest BCUT2D eigenvalue weighted by Crippen LogP contribution is 2.28. The molecule has 0 spiro atoms. The molecule has 0 fully saturated rings. The number of hydrogen-bond acceptors (Lipinski definition) is 2. The van der Waals surface area contributed by atoms with Gasteiger partial charge < -0.3 is 5.11 Å². The Morgan fingerprint density at radius 3 is 2.50 bits per heavy atom. The lowest BCUT2D eigenvalue weighted by atomic mass is 10.1. The van der Waals surface area contributed by atoms with Crippen molar-refractivity contribution in [1.29, 1.82) is 0 Å². The van der Waals surface area contributed by atoms with Gasteiger partial charge in [0.1, 0.15) is 5.82 Å². The van der Waals surface area contributed by atoms with E-state index in [2.05, 4.69) is 32.5 Å². The predicted octanol–water partition coefficient (Wildman–Crippen LogP) is 4.53. The maximum atomic E-state index is 13.9. The van der Waals surface area contributed by atoms with Crippen LogP contribution in [-0.4, -0.2) is 20.9 Å². The Morgan fingerprint density at radius 2 is 1.92 bits per heavy atom. The van der Waals surface area contributed by atoms with E-state index >= 15 is 0 Å². The molecule has 7 heteroatoms. The van der Waals surface area contributed by atoms with Gasteiger partial charge in [0.05, 0.1) is 18.0 Å². The fourth-order valence-corrected chi connectivity index (χ4v) is 2.59. The van der Waals surface area contributed by atoms with Crippen molar-refractivity contribution in [3.05, 3.63) is 75.0 Å². The van der Waals surface area contributed by atoms with E-state index in [1.54, 1.807) is 18.2 Å². The van der Waals surface area contributed by atoms with Crippen LogP contribution in [-0.2, 0) is 0 Å². The standard InChI is InChI=1S/C17H9FIN3O2/c1-20-14-7-2-10(8-13(14)18)16-9-15(17(23)24)21-22(16)12-5-3-11(19)4-6-12/h2-9H,(H,23,24). The normalized spacial score (nSPS) is 10.4. The predicted molar refractivity (Wildman–Crippen MR) is 94.9 cm³/mol. The molecule has 0 radical (unpaired) electrons. The number of halogens is 2. The zero-order valence-electron chi connectivity index (χ0n) is 12.1. The third kappa shape index (κ3) is 3.00. The molecule has 0 aliphatic heterocycles. The lowest BCUT2D eigenvalue weighted by Crippen LogP contribution is -2.02. The van der Waals surface area contributed by atoms with Gasteiger partial charge in [-0.05, 0) is 59.0 Å². The van der Waals surface area contributed by atoms with Gasteiger partial charge in [0.2, 0.25) is 5.69 Å². The average molecular weight is 433 g/mol. The first-order valence-electron chi connectivity index (χ1n) is 6.76. The summed E-state index contributed by atoms with van der Waals surface area (Å²) in [7, 11) is 0. The number of nitrogens with zero attached hydrogens (tertiary/aromatic N) is 3. The number of carboxylic acids is 1. The molecule has 0 saturated heterocycles. The van der Waals surface area contributed by atoms with Crippen molar-refractivity contribution < 1.29 is 14.3 Å². The summed E-state index contributed by atoms with van der Waals surface area (Å²) >= 11 is 2.16. The number of aromatic nitrogens is 2. The lowest BCUT2D eigenvalue weighted by molar-refractivity contribution is 0.0690. The van der Waals surface area contributed by atoms with Gasteiger partial charge in [-0.25, -0.2) is 18.7 Å². The number of carbonyl (C=O) groups is 1. The van der Waals surface area contributed by atoms with E-state index in [4.69, 9.17) is 6.57 Å². The maximum absolute atomic E-state index is 13.9. The average Bonchev–Trinajstić information content (AvgIpc) is 3.01. The molecule has 2 aromatic carbocycles. The number of rotatable bonds is 3. The van der Waals surface area contributed by atoms with Gasteiger partial charge in [-0.1, -0.05) is 12.1 Å². The molecule has 118 valence electrons. The van der Waals surface area contributed by atoms with Crippen LogP contribution in [0.25, 0.3) is 21.8 Å². The summed E-state index contributed by atoms with van der Waals surface area (Å²) in [5, 5.41) is 13.3. The van der Waals surface area contributed by atoms with E-state index in [1.165, 1.54) is 22.9 Å². The first-order valence-corrected chi connectivity index (χ1v) is 7.84. The fourth-order valence-electron chi connectivity index (χ4n) is 2.23. The van der Waals surface area contributed by atoms with E-state index < -0.39 is 11.8 Å². The quantitative estimate of drug-likeness (QED) is 0.488. The summed E-state index contributed by atoms with van der Waals surface area (Å²) < 4.78 is 16.4.